The van der Waals surface area contributed by atoms with Crippen LogP contribution in [0.1, 0.15) is 0 Å². The van der Waals surface area contributed by atoms with Crippen molar-refractivity contribution in [3.8, 4) is 0 Å². The molecule has 0 amide bonds. The number of halogens is 1. The fourth-order valence-electron chi connectivity index (χ4n) is 0.357. The highest BCUT2D eigenvalue weighted by Gasteiger charge is 2.00. The molecule has 0 unspecified atom stereocenters. The van der Waals surface area contributed by atoms with E-state index in [-0.39, 0.29) is 6.61 Å². The molecule has 0 rings (SSSR count). The standard InChI is InChI=1S/C5H11IN2O3/c6-8-2-4-11-5(9)10-3-1-7/h8H,1-4,7H2. The van der Waals surface area contributed by atoms with E-state index in [2.05, 4.69) is 13.0 Å². The number of nitrogens with one attached hydrogen (secondary N) is 1. The molecule has 6 heteroatoms. The predicted octanol–water partition coefficient (Wildman–Crippen LogP) is 0.0379. The van der Waals surface area contributed by atoms with Gasteiger partial charge in [0.15, 0.2) is 0 Å². The molecular formula is C5H11IN2O3. The third-order valence-corrected chi connectivity index (χ3v) is 1.29. The number of ether oxygens (including phenoxy) is 2. The van der Waals surface area contributed by atoms with Crippen LogP contribution < -0.4 is 9.26 Å². The molecule has 0 aliphatic heterocycles. The third kappa shape index (κ3) is 7.82. The van der Waals surface area contributed by atoms with E-state index in [1.54, 1.807) is 0 Å². The van der Waals surface area contributed by atoms with Gasteiger partial charge in [0.05, 0.1) is 0 Å². The summed E-state index contributed by atoms with van der Waals surface area (Å²) in [6.45, 7) is 1.45. The molecule has 0 aromatic rings. The largest absolute Gasteiger partial charge is 0.508 e. The molecule has 0 fully saturated rings. The minimum atomic E-state index is -0.665. The van der Waals surface area contributed by atoms with E-state index in [9.17, 15) is 4.79 Å². The van der Waals surface area contributed by atoms with Gasteiger partial charge < -0.3 is 15.2 Å². The van der Waals surface area contributed by atoms with Gasteiger partial charge >= 0.3 is 6.16 Å². The Labute approximate surface area is 79.1 Å². The first-order chi connectivity index (χ1) is 5.31. The Morgan fingerprint density at radius 3 is 2.64 bits per heavy atom. The first-order valence-corrected chi connectivity index (χ1v) is 4.22. The highest BCUT2D eigenvalue weighted by Crippen LogP contribution is 1.83. The number of hydrogen-bond donors (Lipinski definition) is 2. The average molecular weight is 274 g/mol. The minimum Gasteiger partial charge on any atom is -0.433 e. The molecule has 66 valence electrons. The van der Waals surface area contributed by atoms with Crippen molar-refractivity contribution >= 4 is 29.0 Å². The van der Waals surface area contributed by atoms with Crippen molar-refractivity contribution in [1.29, 1.82) is 0 Å². The van der Waals surface area contributed by atoms with E-state index in [0.717, 1.165) is 0 Å². The van der Waals surface area contributed by atoms with E-state index in [4.69, 9.17) is 5.73 Å². The van der Waals surface area contributed by atoms with Crippen LogP contribution in [-0.2, 0) is 9.47 Å². The SMILES string of the molecule is NCCOC(=O)OCCNI. The normalized spacial score (nSPS) is 9.27. The van der Waals surface area contributed by atoms with Gasteiger partial charge in [-0.1, -0.05) is 0 Å². The summed E-state index contributed by atoms with van der Waals surface area (Å²) in [6, 6.07) is 0. The van der Waals surface area contributed by atoms with Crippen molar-refractivity contribution < 1.29 is 14.3 Å². The van der Waals surface area contributed by atoms with Crippen LogP contribution in [0.2, 0.25) is 0 Å². The van der Waals surface area contributed by atoms with Crippen molar-refractivity contribution in [2.24, 2.45) is 5.73 Å². The minimum absolute atomic E-state index is 0.205. The van der Waals surface area contributed by atoms with E-state index in [1.807, 2.05) is 22.9 Å². The molecule has 0 aliphatic carbocycles. The van der Waals surface area contributed by atoms with Crippen molar-refractivity contribution in [3.63, 3.8) is 0 Å². The van der Waals surface area contributed by atoms with Gasteiger partial charge in [-0.2, -0.15) is 0 Å². The van der Waals surface area contributed by atoms with Crippen molar-refractivity contribution in [2.45, 2.75) is 0 Å². The van der Waals surface area contributed by atoms with Crippen molar-refractivity contribution in [3.05, 3.63) is 0 Å². The van der Waals surface area contributed by atoms with Gasteiger partial charge in [-0.25, -0.2) is 4.79 Å². The molecule has 0 saturated carbocycles. The monoisotopic (exact) mass is 274 g/mol. The summed E-state index contributed by atoms with van der Waals surface area (Å²) in [4.78, 5) is 10.5. The Bertz CT molecular complexity index is 112. The van der Waals surface area contributed by atoms with Crippen LogP contribution in [0, 0.1) is 0 Å². The zero-order valence-corrected chi connectivity index (χ0v) is 8.17. The Morgan fingerprint density at radius 1 is 1.45 bits per heavy atom. The lowest BCUT2D eigenvalue weighted by molar-refractivity contribution is 0.0592. The zero-order valence-electron chi connectivity index (χ0n) is 6.01. The van der Waals surface area contributed by atoms with Gasteiger partial charge in [0.1, 0.15) is 13.2 Å². The van der Waals surface area contributed by atoms with Crippen LogP contribution in [0.15, 0.2) is 0 Å². The van der Waals surface area contributed by atoms with Crippen LogP contribution in [-0.4, -0.2) is 32.5 Å². The van der Waals surface area contributed by atoms with Crippen LogP contribution in [0.4, 0.5) is 4.79 Å². The average Bonchev–Trinajstić information content (AvgIpc) is 2.01. The number of hydrogen-bond acceptors (Lipinski definition) is 5. The van der Waals surface area contributed by atoms with Crippen LogP contribution >= 0.6 is 22.9 Å². The summed E-state index contributed by atoms with van der Waals surface area (Å²) in [7, 11) is 0. The van der Waals surface area contributed by atoms with Gasteiger partial charge in [-0.05, 0) is 0 Å². The lowest BCUT2D eigenvalue weighted by Crippen LogP contribution is -2.18. The highest BCUT2D eigenvalue weighted by molar-refractivity contribution is 14.1. The molecule has 0 aromatic heterocycles. The van der Waals surface area contributed by atoms with E-state index in [0.29, 0.717) is 19.7 Å². The molecule has 0 aromatic carbocycles. The maximum atomic E-state index is 10.5. The topological polar surface area (TPSA) is 73.6 Å². The molecule has 0 bridgehead atoms. The van der Waals surface area contributed by atoms with E-state index < -0.39 is 6.16 Å². The molecule has 11 heavy (non-hydrogen) atoms. The molecule has 0 heterocycles. The van der Waals surface area contributed by atoms with Gasteiger partial charge in [0.2, 0.25) is 0 Å². The van der Waals surface area contributed by atoms with Gasteiger partial charge in [0, 0.05) is 36.0 Å². The first kappa shape index (κ1) is 10.9. The van der Waals surface area contributed by atoms with Crippen LogP contribution in [0.25, 0.3) is 0 Å². The lowest BCUT2D eigenvalue weighted by Gasteiger charge is -2.03. The van der Waals surface area contributed by atoms with Crippen molar-refractivity contribution in [2.75, 3.05) is 26.3 Å². The summed E-state index contributed by atoms with van der Waals surface area (Å²) in [5.41, 5.74) is 5.09. The Balaban J connectivity index is 3.09. The molecule has 3 N–H and O–H groups in total. The molecule has 0 radical (unpaired) electrons. The second-order valence-electron chi connectivity index (χ2n) is 1.62. The molecular weight excluding hydrogens is 263 g/mol. The third-order valence-electron chi connectivity index (χ3n) is 0.754. The Kier molecular flexibility index (Phi) is 7.96. The molecule has 0 aliphatic rings. The first-order valence-electron chi connectivity index (χ1n) is 3.14. The van der Waals surface area contributed by atoms with E-state index in [1.165, 1.54) is 0 Å². The Morgan fingerprint density at radius 2 is 2.09 bits per heavy atom. The number of nitrogens with two attached hydrogens (primary N) is 1. The highest BCUT2D eigenvalue weighted by atomic mass is 127. The summed E-state index contributed by atoms with van der Waals surface area (Å²) in [5, 5.41) is 0. The summed E-state index contributed by atoms with van der Waals surface area (Å²) in [6.07, 6.45) is -0.665. The summed E-state index contributed by atoms with van der Waals surface area (Å²) >= 11 is 1.96. The number of rotatable bonds is 5. The molecule has 0 spiro atoms. The van der Waals surface area contributed by atoms with E-state index >= 15 is 0 Å². The fraction of sp³-hybridized carbons (Fsp3) is 0.800. The quantitative estimate of drug-likeness (QED) is 0.320. The summed E-state index contributed by atoms with van der Waals surface area (Å²) in [5.74, 6) is 0. The summed E-state index contributed by atoms with van der Waals surface area (Å²) < 4.78 is 11.9. The fourth-order valence-corrected chi connectivity index (χ4v) is 0.577. The number of carbonyl (C=O) groups excluding carboxylic acids is 1. The smallest absolute Gasteiger partial charge is 0.433 e. The van der Waals surface area contributed by atoms with Gasteiger partial charge in [-0.3, -0.25) is 3.53 Å². The second-order valence-corrected chi connectivity index (χ2v) is 2.38. The maximum Gasteiger partial charge on any atom is 0.508 e. The lowest BCUT2D eigenvalue weighted by atomic mass is 10.7. The van der Waals surface area contributed by atoms with Crippen molar-refractivity contribution in [1.82, 2.24) is 3.53 Å². The molecule has 0 atom stereocenters. The maximum absolute atomic E-state index is 10.5. The molecule has 0 saturated heterocycles. The van der Waals surface area contributed by atoms with Crippen LogP contribution in [0.5, 0.6) is 0 Å². The Hall–Kier alpha value is -0.0800. The predicted molar refractivity (Wildman–Crippen MR) is 48.4 cm³/mol. The number of carbonyl (C=O) groups is 1. The van der Waals surface area contributed by atoms with Gasteiger partial charge in [-0.15, -0.1) is 0 Å². The molecule has 5 nitrogen and oxygen atoms in total. The zero-order chi connectivity index (χ0) is 8.53. The van der Waals surface area contributed by atoms with Gasteiger partial charge in [0.25, 0.3) is 0 Å². The second kappa shape index (κ2) is 8.02. The van der Waals surface area contributed by atoms with Crippen LogP contribution in [0.3, 0.4) is 0 Å².